The fraction of sp³-hybridized carbons (Fsp3) is 0.471. The van der Waals surface area contributed by atoms with Gasteiger partial charge in [0.05, 0.1) is 20.2 Å². The molecule has 2 heterocycles. The summed E-state index contributed by atoms with van der Waals surface area (Å²) in [4.78, 5) is 53.5. The third-order valence-electron chi connectivity index (χ3n) is 7.75. The Hall–Kier alpha value is -4.22. The Labute approximate surface area is 268 Å². The zero-order valence-electron chi connectivity index (χ0n) is 27.2. The fourth-order valence-corrected chi connectivity index (χ4v) is 5.41. The maximum Gasteiger partial charge on any atom is 0.334 e. The smallest absolute Gasteiger partial charge is 0.334 e. The number of methoxy groups -OCH3 is 1. The van der Waals surface area contributed by atoms with Crippen molar-refractivity contribution in [3.05, 3.63) is 79.4 Å². The van der Waals surface area contributed by atoms with E-state index < -0.39 is 12.2 Å². The molecule has 2 aliphatic heterocycles. The van der Waals surface area contributed by atoms with Crippen LogP contribution in [0.5, 0.6) is 5.75 Å². The number of benzene rings is 1. The van der Waals surface area contributed by atoms with Gasteiger partial charge in [-0.3, -0.25) is 9.59 Å². The number of allylic oxidation sites excluding steroid dienone is 4. The second-order valence-electron chi connectivity index (χ2n) is 11.0. The molecule has 2 unspecified atom stereocenters. The quantitative estimate of drug-likeness (QED) is 0.133. The predicted molar refractivity (Wildman–Crippen MR) is 177 cm³/mol. The van der Waals surface area contributed by atoms with E-state index in [1.165, 1.54) is 0 Å². The van der Waals surface area contributed by atoms with Crippen molar-refractivity contribution in [1.29, 1.82) is 0 Å². The summed E-state index contributed by atoms with van der Waals surface area (Å²) in [6.07, 6.45) is 10.0. The summed E-state index contributed by atoms with van der Waals surface area (Å²) in [5.41, 5.74) is 1.89. The van der Waals surface area contributed by atoms with Gasteiger partial charge in [0.2, 0.25) is 11.8 Å². The van der Waals surface area contributed by atoms with Gasteiger partial charge in [-0.05, 0) is 62.0 Å². The number of fused-ring (bicyclic) bond motifs is 1. The summed E-state index contributed by atoms with van der Waals surface area (Å²) in [6.45, 7) is 14.9. The number of amides is 4. The number of likely N-dealkylation sites (N-methyl/N-ethyl adjacent to an activating group) is 1. The van der Waals surface area contributed by atoms with Crippen LogP contribution in [-0.2, 0) is 20.9 Å². The number of carbonyl (C=O) groups excluding carboxylic acids is 4. The average molecular weight is 623 g/mol. The SMILES string of the molecule is C=C/C=C(\C=C)C(C)CN1CC2N(C(=O)CN(C)N2C(=O)NCc2ccc(OC)cc2)[C@@H](CCCNC)C1=O.C=CCCC=O. The highest BCUT2D eigenvalue weighted by Gasteiger charge is 2.50. The molecule has 0 aromatic heterocycles. The first-order valence-corrected chi connectivity index (χ1v) is 15.3. The Morgan fingerprint density at radius 3 is 2.42 bits per heavy atom. The molecule has 1 aromatic rings. The monoisotopic (exact) mass is 622 g/mol. The predicted octanol–water partition coefficient (Wildman–Crippen LogP) is 3.52. The molecule has 0 bridgehead atoms. The molecule has 2 aliphatic rings. The highest BCUT2D eigenvalue weighted by atomic mass is 16.5. The lowest BCUT2D eigenvalue weighted by molar-refractivity contribution is -0.187. The van der Waals surface area contributed by atoms with Crippen molar-refractivity contribution in [2.75, 3.05) is 47.4 Å². The van der Waals surface area contributed by atoms with Gasteiger partial charge in [0, 0.05) is 26.6 Å². The lowest BCUT2D eigenvalue weighted by Crippen LogP contribution is -2.76. The van der Waals surface area contributed by atoms with E-state index in [0.717, 1.165) is 42.6 Å². The highest BCUT2D eigenvalue weighted by Crippen LogP contribution is 2.29. The Morgan fingerprint density at radius 1 is 1.16 bits per heavy atom. The van der Waals surface area contributed by atoms with Gasteiger partial charge in [-0.15, -0.1) is 6.58 Å². The molecule has 0 spiro atoms. The number of nitrogens with one attached hydrogen (secondary N) is 2. The highest BCUT2D eigenvalue weighted by molar-refractivity contribution is 5.91. The molecule has 1 aromatic carbocycles. The summed E-state index contributed by atoms with van der Waals surface area (Å²) in [6, 6.07) is 6.50. The molecule has 2 saturated heterocycles. The van der Waals surface area contributed by atoms with Gasteiger partial charge in [0.25, 0.3) is 0 Å². The molecule has 2 N–H and O–H groups in total. The van der Waals surface area contributed by atoms with Gasteiger partial charge in [-0.25, -0.2) is 14.8 Å². The first-order valence-electron chi connectivity index (χ1n) is 15.3. The van der Waals surface area contributed by atoms with E-state index >= 15 is 0 Å². The summed E-state index contributed by atoms with van der Waals surface area (Å²) < 4.78 is 5.21. The lowest BCUT2D eigenvalue weighted by Gasteiger charge is -2.54. The second-order valence-corrected chi connectivity index (χ2v) is 11.0. The van der Waals surface area contributed by atoms with E-state index in [1.54, 1.807) is 52.2 Å². The Kier molecular flexibility index (Phi) is 15.8. The topological polar surface area (TPSA) is 115 Å². The molecule has 3 atom stereocenters. The number of ether oxygens (including phenoxy) is 1. The molecular weight excluding hydrogens is 572 g/mol. The maximum atomic E-state index is 13.7. The molecule has 0 aliphatic carbocycles. The van der Waals surface area contributed by atoms with Gasteiger partial charge in [-0.1, -0.05) is 56.5 Å². The number of aldehydes is 1. The van der Waals surface area contributed by atoms with Crippen LogP contribution in [0.25, 0.3) is 0 Å². The maximum absolute atomic E-state index is 13.7. The molecule has 2 fully saturated rings. The number of hydrogen-bond acceptors (Lipinski definition) is 7. The number of carbonyl (C=O) groups is 4. The van der Waals surface area contributed by atoms with Gasteiger partial charge >= 0.3 is 6.03 Å². The van der Waals surface area contributed by atoms with Gasteiger partial charge in [0.15, 0.2) is 0 Å². The van der Waals surface area contributed by atoms with Gasteiger partial charge in [0.1, 0.15) is 24.2 Å². The summed E-state index contributed by atoms with van der Waals surface area (Å²) >= 11 is 0. The number of unbranched alkanes of at least 4 members (excludes halogenated alkanes) is 1. The normalized spacial score (nSPS) is 19.1. The van der Waals surface area contributed by atoms with Crippen LogP contribution >= 0.6 is 0 Å². The van der Waals surface area contributed by atoms with E-state index in [1.807, 2.05) is 44.3 Å². The van der Waals surface area contributed by atoms with Crippen molar-refractivity contribution in [3.63, 3.8) is 0 Å². The molecule has 246 valence electrons. The average Bonchev–Trinajstić information content (AvgIpc) is 3.03. The van der Waals surface area contributed by atoms with Crippen LogP contribution in [0.3, 0.4) is 0 Å². The molecule has 11 nitrogen and oxygen atoms in total. The second kappa shape index (κ2) is 19.2. The van der Waals surface area contributed by atoms with E-state index in [0.29, 0.717) is 25.9 Å². The molecule has 11 heteroatoms. The standard InChI is InChI=1S/C29H42N6O4.C5H8O/c1-7-10-23(8-2)21(3)18-33-19-26-34(25(28(33)37)11-9-16-30-4)27(36)20-32(5)35(26)29(38)31-17-22-12-14-24(39-6)15-13-22;1-2-3-4-5-6/h7-8,10,12-15,21,25-26,30H,1-2,9,11,16-20H2,3-6H3,(H,31,38);2,5H,1,3-4H2/b23-10+;/t21?,25-,26?;/m0./s1. The summed E-state index contributed by atoms with van der Waals surface area (Å²) in [5.74, 6) is 0.495. The van der Waals surface area contributed by atoms with Crippen LogP contribution in [0.2, 0.25) is 0 Å². The lowest BCUT2D eigenvalue weighted by atomic mass is 9.97. The number of hydrogen-bond donors (Lipinski definition) is 2. The number of nitrogens with zero attached hydrogens (tertiary/aromatic N) is 4. The number of urea groups is 1. The minimum Gasteiger partial charge on any atom is -0.497 e. The Bertz CT molecular complexity index is 1190. The number of piperazine rings is 1. The molecular formula is C34H50N6O5. The van der Waals surface area contributed by atoms with E-state index in [2.05, 4.69) is 30.4 Å². The fourth-order valence-electron chi connectivity index (χ4n) is 5.41. The van der Waals surface area contributed by atoms with Crippen LogP contribution in [0.15, 0.2) is 73.9 Å². The van der Waals surface area contributed by atoms with Gasteiger partial charge in [-0.2, -0.15) is 0 Å². The summed E-state index contributed by atoms with van der Waals surface area (Å²) in [7, 11) is 5.19. The van der Waals surface area contributed by atoms with Crippen molar-refractivity contribution in [3.8, 4) is 5.75 Å². The zero-order chi connectivity index (χ0) is 33.4. The summed E-state index contributed by atoms with van der Waals surface area (Å²) in [5, 5.41) is 9.31. The largest absolute Gasteiger partial charge is 0.497 e. The van der Waals surface area contributed by atoms with Gasteiger partial charge < -0.3 is 30.0 Å². The third-order valence-corrected chi connectivity index (χ3v) is 7.75. The van der Waals surface area contributed by atoms with Crippen molar-refractivity contribution in [2.24, 2.45) is 5.92 Å². The third kappa shape index (κ3) is 10.4. The van der Waals surface area contributed by atoms with Crippen LogP contribution < -0.4 is 15.4 Å². The minimum atomic E-state index is -0.641. The molecule has 45 heavy (non-hydrogen) atoms. The minimum absolute atomic E-state index is 0.00308. The van der Waals surface area contributed by atoms with Crippen LogP contribution in [-0.4, -0.2) is 104 Å². The van der Waals surface area contributed by atoms with Crippen LogP contribution in [0.4, 0.5) is 4.79 Å². The van der Waals surface area contributed by atoms with Crippen LogP contribution in [0.1, 0.15) is 38.2 Å². The molecule has 0 saturated carbocycles. The molecule has 3 rings (SSSR count). The molecule has 4 amide bonds. The zero-order valence-corrected chi connectivity index (χ0v) is 27.2. The van der Waals surface area contributed by atoms with E-state index in [-0.39, 0.29) is 36.9 Å². The molecule has 0 radical (unpaired) electrons. The van der Waals surface area contributed by atoms with Crippen molar-refractivity contribution in [1.82, 2.24) is 30.5 Å². The van der Waals surface area contributed by atoms with Crippen molar-refractivity contribution < 1.29 is 23.9 Å². The van der Waals surface area contributed by atoms with Crippen molar-refractivity contribution in [2.45, 2.75) is 51.4 Å². The Balaban J connectivity index is 0.00000107. The number of rotatable bonds is 15. The Morgan fingerprint density at radius 2 is 1.87 bits per heavy atom. The first-order chi connectivity index (χ1) is 21.7. The van der Waals surface area contributed by atoms with Crippen molar-refractivity contribution >= 4 is 24.1 Å². The van der Waals surface area contributed by atoms with E-state index in [4.69, 9.17) is 4.74 Å². The van der Waals surface area contributed by atoms with Crippen LogP contribution in [0, 0.1) is 5.92 Å². The van der Waals surface area contributed by atoms with E-state index in [9.17, 15) is 19.2 Å². The first kappa shape index (κ1) is 37.0. The number of hydrazine groups is 1.